The molecule has 2 saturated carbocycles. The van der Waals surface area contributed by atoms with E-state index >= 15 is 0 Å². The summed E-state index contributed by atoms with van der Waals surface area (Å²) in [5, 5.41) is 3.86. The van der Waals surface area contributed by atoms with Gasteiger partial charge in [0.2, 0.25) is 0 Å². The topological polar surface area (TPSA) is 36.8 Å². The van der Waals surface area contributed by atoms with Gasteiger partial charge in [-0.2, -0.15) is 0 Å². The van der Waals surface area contributed by atoms with Gasteiger partial charge in [-0.25, -0.2) is 0 Å². The summed E-state index contributed by atoms with van der Waals surface area (Å²) in [7, 11) is 0. The van der Waals surface area contributed by atoms with Gasteiger partial charge in [0.15, 0.2) is 0 Å². The molecule has 0 saturated heterocycles. The Kier molecular flexibility index (Phi) is 2.62. The monoisotopic (exact) mass is 335 g/mol. The van der Waals surface area contributed by atoms with E-state index in [2.05, 4.69) is 52.2 Å². The quantitative estimate of drug-likeness (QED) is 0.797. The normalized spacial score (nSPS) is 36.0. The summed E-state index contributed by atoms with van der Waals surface area (Å²) in [5.41, 5.74) is 4.17. The number of hydrogen-bond acceptors (Lipinski definition) is 3. The molecule has 0 aromatic heterocycles. The predicted molar refractivity (Wildman–Crippen MR) is 83.0 cm³/mol. The third-order valence-electron chi connectivity index (χ3n) is 5.86. The number of benzene rings is 1. The maximum absolute atomic E-state index is 4.61. The molecule has 1 N–H and O–H groups in total. The average Bonchev–Trinajstić information content (AvgIpc) is 3.05. The Morgan fingerprint density at radius 2 is 2.10 bits per heavy atom. The molecule has 1 unspecified atom stereocenters. The summed E-state index contributed by atoms with van der Waals surface area (Å²) < 4.78 is 9.10. The van der Waals surface area contributed by atoms with Gasteiger partial charge < -0.3 is 0 Å². The Bertz CT molecular complexity index is 640. The summed E-state index contributed by atoms with van der Waals surface area (Å²) >= 11 is 0.0498. The molecule has 106 valence electrons. The number of anilines is 1. The molecule has 3 aliphatic rings. The van der Waals surface area contributed by atoms with Crippen molar-refractivity contribution in [2.75, 3.05) is 5.32 Å². The SMILES string of the molecule is CC1(C)C(Nc2cccc3c2N=[Se]=N3)[C@]2(C)CC[C@H]1C2. The first kappa shape index (κ1) is 12.8. The Hall–Kier alpha value is -0.861. The molecule has 2 bridgehead atoms. The van der Waals surface area contributed by atoms with Gasteiger partial charge >= 0.3 is 126 Å². The molecule has 2 fully saturated rings. The fourth-order valence-electron chi connectivity index (χ4n) is 4.74. The van der Waals surface area contributed by atoms with Crippen LogP contribution in [0, 0.1) is 16.7 Å². The fraction of sp³-hybridized carbons (Fsp3) is 0.625. The molecule has 20 heavy (non-hydrogen) atoms. The van der Waals surface area contributed by atoms with Crippen molar-refractivity contribution in [1.82, 2.24) is 0 Å². The van der Waals surface area contributed by atoms with Crippen LogP contribution in [0.3, 0.4) is 0 Å². The van der Waals surface area contributed by atoms with Crippen LogP contribution in [0.25, 0.3) is 0 Å². The molecule has 0 spiro atoms. The van der Waals surface area contributed by atoms with Gasteiger partial charge in [-0.15, -0.1) is 0 Å². The van der Waals surface area contributed by atoms with Gasteiger partial charge in [0.25, 0.3) is 0 Å². The second kappa shape index (κ2) is 4.08. The zero-order valence-electron chi connectivity index (χ0n) is 12.3. The molecule has 1 heterocycles. The molecule has 1 aliphatic heterocycles. The molecule has 0 radical (unpaired) electrons. The fourth-order valence-corrected chi connectivity index (χ4v) is 5.89. The minimum atomic E-state index is 0.0498. The summed E-state index contributed by atoms with van der Waals surface area (Å²) in [5.74, 6) is 0.868. The summed E-state index contributed by atoms with van der Waals surface area (Å²) in [6, 6.07) is 6.89. The molecule has 3 atom stereocenters. The van der Waals surface area contributed by atoms with Crippen LogP contribution in [-0.2, 0) is 0 Å². The second-order valence-electron chi connectivity index (χ2n) is 7.43. The number of hydrogen-bond donors (Lipinski definition) is 1. The van der Waals surface area contributed by atoms with E-state index in [1.54, 1.807) is 0 Å². The van der Waals surface area contributed by atoms with Crippen LogP contribution in [0.15, 0.2) is 26.1 Å². The summed E-state index contributed by atoms with van der Waals surface area (Å²) in [4.78, 5) is 0. The van der Waals surface area contributed by atoms with Crippen LogP contribution >= 0.6 is 0 Å². The van der Waals surface area contributed by atoms with Crippen molar-refractivity contribution >= 4 is 31.6 Å². The molecule has 2 aliphatic carbocycles. The maximum atomic E-state index is 4.61. The molecular formula is C16H21N3Se. The van der Waals surface area contributed by atoms with Gasteiger partial charge in [0.05, 0.1) is 0 Å². The molecule has 4 heteroatoms. The van der Waals surface area contributed by atoms with E-state index in [0.29, 0.717) is 16.9 Å². The zero-order valence-corrected chi connectivity index (χ0v) is 14.0. The molecule has 1 aromatic rings. The van der Waals surface area contributed by atoms with E-state index in [1.807, 2.05) is 0 Å². The van der Waals surface area contributed by atoms with Crippen LogP contribution in [-0.4, -0.2) is 20.6 Å². The van der Waals surface area contributed by atoms with E-state index in [9.17, 15) is 0 Å². The standard InChI is InChI=1S/C16H21N3Se/c1-15(2)10-7-8-16(3,9-10)14(15)17-11-5-4-6-12-13(11)19-20-18-12/h4-6,10,14,17H,7-9H2,1-3H3/t10-,14?,16+/m0/s1. The van der Waals surface area contributed by atoms with Crippen molar-refractivity contribution < 1.29 is 0 Å². The summed E-state index contributed by atoms with van der Waals surface area (Å²) in [6.45, 7) is 7.34. The first-order valence-electron chi connectivity index (χ1n) is 7.48. The number of rotatable bonds is 2. The Morgan fingerprint density at radius 1 is 1.25 bits per heavy atom. The van der Waals surface area contributed by atoms with Crippen molar-refractivity contribution in [3.63, 3.8) is 0 Å². The number of nitrogens with one attached hydrogen (secondary N) is 1. The third kappa shape index (κ3) is 1.64. The molecule has 1 aromatic carbocycles. The first-order chi connectivity index (χ1) is 9.51. The summed E-state index contributed by atoms with van der Waals surface area (Å²) in [6.07, 6.45) is 4.13. The van der Waals surface area contributed by atoms with Crippen LogP contribution < -0.4 is 5.32 Å². The van der Waals surface area contributed by atoms with Crippen molar-refractivity contribution in [2.24, 2.45) is 24.7 Å². The molecule has 4 rings (SSSR count). The van der Waals surface area contributed by atoms with Gasteiger partial charge in [-0.1, -0.05) is 0 Å². The van der Waals surface area contributed by atoms with Gasteiger partial charge in [0.1, 0.15) is 0 Å². The average molecular weight is 334 g/mol. The first-order valence-corrected chi connectivity index (χ1v) is 9.02. The third-order valence-corrected chi connectivity index (χ3v) is 6.99. The van der Waals surface area contributed by atoms with Gasteiger partial charge in [-0.3, -0.25) is 0 Å². The van der Waals surface area contributed by atoms with Crippen LogP contribution in [0.1, 0.15) is 40.0 Å². The van der Waals surface area contributed by atoms with Crippen molar-refractivity contribution in [2.45, 2.75) is 46.1 Å². The second-order valence-corrected chi connectivity index (χ2v) is 8.54. The predicted octanol–water partition coefficient (Wildman–Crippen LogP) is 4.66. The molecular weight excluding hydrogens is 313 g/mol. The van der Waals surface area contributed by atoms with E-state index in [4.69, 9.17) is 0 Å². The Balaban J connectivity index is 1.70. The Labute approximate surface area is 126 Å². The molecule has 0 amide bonds. The number of fused-ring (bicyclic) bond motifs is 3. The van der Waals surface area contributed by atoms with Gasteiger partial charge in [-0.05, 0) is 0 Å². The minimum absolute atomic E-state index is 0.0498. The number of nitrogens with zero attached hydrogens (tertiary/aromatic N) is 2. The van der Waals surface area contributed by atoms with E-state index in [-0.39, 0.29) is 14.6 Å². The Morgan fingerprint density at radius 3 is 2.85 bits per heavy atom. The van der Waals surface area contributed by atoms with Crippen molar-refractivity contribution in [1.29, 1.82) is 0 Å². The van der Waals surface area contributed by atoms with E-state index < -0.39 is 0 Å². The van der Waals surface area contributed by atoms with Crippen molar-refractivity contribution in [3.8, 4) is 0 Å². The van der Waals surface area contributed by atoms with Crippen LogP contribution in [0.5, 0.6) is 0 Å². The van der Waals surface area contributed by atoms with E-state index in [1.165, 1.54) is 24.9 Å². The zero-order chi connectivity index (χ0) is 14.0. The van der Waals surface area contributed by atoms with E-state index in [0.717, 1.165) is 17.3 Å². The van der Waals surface area contributed by atoms with Crippen molar-refractivity contribution in [3.05, 3.63) is 18.2 Å². The van der Waals surface area contributed by atoms with Crippen LogP contribution in [0.2, 0.25) is 0 Å². The van der Waals surface area contributed by atoms with Gasteiger partial charge in [0, 0.05) is 0 Å². The molecule has 3 nitrogen and oxygen atoms in total. The van der Waals surface area contributed by atoms with Crippen LogP contribution in [0.4, 0.5) is 17.1 Å².